The summed E-state index contributed by atoms with van der Waals surface area (Å²) in [6, 6.07) is 3.94. The van der Waals surface area contributed by atoms with Gasteiger partial charge in [-0.1, -0.05) is 13.8 Å². The number of amides is 1. The van der Waals surface area contributed by atoms with Crippen molar-refractivity contribution in [1.29, 1.82) is 0 Å². The maximum absolute atomic E-state index is 11.8. The van der Waals surface area contributed by atoms with Crippen molar-refractivity contribution in [3.8, 4) is 0 Å². The highest BCUT2D eigenvalue weighted by Gasteiger charge is 2.18. The van der Waals surface area contributed by atoms with E-state index in [-0.39, 0.29) is 30.3 Å². The smallest absolute Gasteiger partial charge is 0.237 e. The van der Waals surface area contributed by atoms with E-state index in [9.17, 15) is 4.79 Å². The van der Waals surface area contributed by atoms with Crippen molar-refractivity contribution < 1.29 is 4.79 Å². The SMILES string of the molecule is Cc1ccc(CC(C)NC(=O)C(N)C(C)C)s1.Cl. The van der Waals surface area contributed by atoms with Gasteiger partial charge in [0.05, 0.1) is 6.04 Å². The number of carbonyl (C=O) groups is 1. The minimum atomic E-state index is -0.414. The molecule has 0 aliphatic carbocycles. The molecule has 1 heterocycles. The molecule has 2 unspecified atom stereocenters. The lowest BCUT2D eigenvalue weighted by atomic mass is 10.0. The summed E-state index contributed by atoms with van der Waals surface area (Å²) in [7, 11) is 0. The zero-order valence-corrected chi connectivity index (χ0v) is 13.0. The first-order valence-corrected chi connectivity index (χ1v) is 6.83. The molecule has 0 fully saturated rings. The largest absolute Gasteiger partial charge is 0.352 e. The molecular weight excluding hydrogens is 268 g/mol. The molecule has 0 radical (unpaired) electrons. The number of aryl methyl sites for hydroxylation is 1. The first kappa shape index (κ1) is 17.4. The summed E-state index contributed by atoms with van der Waals surface area (Å²) in [6.07, 6.45) is 0.870. The van der Waals surface area contributed by atoms with Crippen LogP contribution in [0.3, 0.4) is 0 Å². The van der Waals surface area contributed by atoms with E-state index in [1.807, 2.05) is 20.8 Å². The van der Waals surface area contributed by atoms with E-state index in [2.05, 4.69) is 24.4 Å². The van der Waals surface area contributed by atoms with Crippen molar-refractivity contribution in [3.63, 3.8) is 0 Å². The van der Waals surface area contributed by atoms with Gasteiger partial charge in [-0.3, -0.25) is 4.79 Å². The third-order valence-electron chi connectivity index (χ3n) is 2.71. The Hall–Kier alpha value is -0.580. The lowest BCUT2D eigenvalue weighted by molar-refractivity contribution is -0.123. The zero-order valence-electron chi connectivity index (χ0n) is 11.4. The predicted molar refractivity (Wildman–Crippen MR) is 80.4 cm³/mol. The Morgan fingerprint density at radius 1 is 1.39 bits per heavy atom. The van der Waals surface area contributed by atoms with Gasteiger partial charge in [-0.15, -0.1) is 23.7 Å². The zero-order chi connectivity index (χ0) is 13.0. The van der Waals surface area contributed by atoms with Gasteiger partial charge in [0.1, 0.15) is 0 Å². The number of halogens is 1. The maximum Gasteiger partial charge on any atom is 0.237 e. The summed E-state index contributed by atoms with van der Waals surface area (Å²) >= 11 is 1.78. The normalized spacial score (nSPS) is 13.9. The lowest BCUT2D eigenvalue weighted by Gasteiger charge is -2.19. The number of rotatable bonds is 5. The lowest BCUT2D eigenvalue weighted by Crippen LogP contribution is -2.47. The summed E-state index contributed by atoms with van der Waals surface area (Å²) < 4.78 is 0. The van der Waals surface area contributed by atoms with Gasteiger partial charge >= 0.3 is 0 Å². The fourth-order valence-electron chi connectivity index (χ4n) is 1.59. The molecule has 0 saturated carbocycles. The standard InChI is InChI=1S/C13H22N2OS.ClH/c1-8(2)12(14)13(16)15-9(3)7-11-6-5-10(4)17-11;/h5-6,8-9,12H,7,14H2,1-4H3,(H,15,16);1H. The van der Waals surface area contributed by atoms with Crippen LogP contribution >= 0.6 is 23.7 Å². The third kappa shape index (κ3) is 5.38. The first-order valence-electron chi connectivity index (χ1n) is 6.01. The van der Waals surface area contributed by atoms with Gasteiger partial charge in [0.15, 0.2) is 0 Å². The van der Waals surface area contributed by atoms with E-state index in [0.717, 1.165) is 6.42 Å². The topological polar surface area (TPSA) is 55.1 Å². The van der Waals surface area contributed by atoms with E-state index in [4.69, 9.17) is 5.73 Å². The average Bonchev–Trinajstić information content (AvgIpc) is 2.62. The van der Waals surface area contributed by atoms with E-state index >= 15 is 0 Å². The monoisotopic (exact) mass is 290 g/mol. The van der Waals surface area contributed by atoms with Gasteiger partial charge in [-0.05, 0) is 31.9 Å². The maximum atomic E-state index is 11.8. The van der Waals surface area contributed by atoms with Gasteiger partial charge < -0.3 is 11.1 Å². The van der Waals surface area contributed by atoms with Gasteiger partial charge in [-0.25, -0.2) is 0 Å². The number of thiophene rings is 1. The van der Waals surface area contributed by atoms with Crippen LogP contribution in [-0.2, 0) is 11.2 Å². The molecule has 0 aliphatic rings. The van der Waals surface area contributed by atoms with Gasteiger partial charge in [0.2, 0.25) is 5.91 Å². The van der Waals surface area contributed by atoms with Crippen molar-refractivity contribution in [2.24, 2.45) is 11.7 Å². The Morgan fingerprint density at radius 2 is 2.00 bits per heavy atom. The van der Waals surface area contributed by atoms with Crippen LogP contribution < -0.4 is 11.1 Å². The Balaban J connectivity index is 0.00000289. The Morgan fingerprint density at radius 3 is 2.44 bits per heavy atom. The Bertz CT molecular complexity index is 379. The molecule has 2 atom stereocenters. The highest BCUT2D eigenvalue weighted by Crippen LogP contribution is 2.16. The highest BCUT2D eigenvalue weighted by atomic mass is 35.5. The fourth-order valence-corrected chi connectivity index (χ4v) is 2.61. The van der Waals surface area contributed by atoms with Gasteiger partial charge in [0.25, 0.3) is 0 Å². The molecule has 18 heavy (non-hydrogen) atoms. The van der Waals surface area contributed by atoms with Crippen LogP contribution in [0.1, 0.15) is 30.5 Å². The quantitative estimate of drug-likeness (QED) is 0.875. The number of nitrogens with two attached hydrogens (primary N) is 1. The van der Waals surface area contributed by atoms with Crippen molar-refractivity contribution in [1.82, 2.24) is 5.32 Å². The van der Waals surface area contributed by atoms with Crippen molar-refractivity contribution in [3.05, 3.63) is 21.9 Å². The molecule has 3 nitrogen and oxygen atoms in total. The van der Waals surface area contributed by atoms with Crippen LogP contribution in [0.4, 0.5) is 0 Å². The molecular formula is C13H23ClN2OS. The summed E-state index contributed by atoms with van der Waals surface area (Å²) in [5.74, 6) is 0.118. The summed E-state index contributed by atoms with van der Waals surface area (Å²) in [6.45, 7) is 8.02. The van der Waals surface area contributed by atoms with Crippen molar-refractivity contribution >= 4 is 29.7 Å². The second-order valence-electron chi connectivity index (χ2n) is 4.90. The summed E-state index contributed by atoms with van der Waals surface area (Å²) in [4.78, 5) is 14.4. The highest BCUT2D eigenvalue weighted by molar-refractivity contribution is 7.11. The Labute approximate surface area is 120 Å². The number of hydrogen-bond donors (Lipinski definition) is 2. The molecule has 0 aliphatic heterocycles. The number of hydrogen-bond acceptors (Lipinski definition) is 3. The van der Waals surface area contributed by atoms with Crippen molar-refractivity contribution in [2.75, 3.05) is 0 Å². The van der Waals surface area contributed by atoms with E-state index in [0.29, 0.717) is 0 Å². The van der Waals surface area contributed by atoms with E-state index in [1.54, 1.807) is 11.3 Å². The molecule has 0 spiro atoms. The van der Waals surface area contributed by atoms with Gasteiger partial charge in [-0.2, -0.15) is 0 Å². The molecule has 1 aromatic heterocycles. The first-order chi connectivity index (χ1) is 7.90. The number of nitrogens with one attached hydrogen (secondary N) is 1. The molecule has 104 valence electrons. The van der Waals surface area contributed by atoms with Crippen LogP contribution in [0.15, 0.2) is 12.1 Å². The predicted octanol–water partition coefficient (Wildman–Crippen LogP) is 2.51. The van der Waals surface area contributed by atoms with E-state index in [1.165, 1.54) is 9.75 Å². The van der Waals surface area contributed by atoms with E-state index < -0.39 is 6.04 Å². The average molecular weight is 291 g/mol. The minimum Gasteiger partial charge on any atom is -0.352 e. The van der Waals surface area contributed by atoms with Crippen molar-refractivity contribution in [2.45, 2.75) is 46.2 Å². The second kappa shape index (κ2) is 7.77. The molecule has 1 rings (SSSR count). The molecule has 0 saturated heterocycles. The van der Waals surface area contributed by atoms with Crippen LogP contribution in [0, 0.1) is 12.8 Å². The fraction of sp³-hybridized carbons (Fsp3) is 0.615. The summed E-state index contributed by atoms with van der Waals surface area (Å²) in [5.41, 5.74) is 5.80. The molecule has 1 aromatic rings. The van der Waals surface area contributed by atoms with Crippen LogP contribution in [0.2, 0.25) is 0 Å². The third-order valence-corrected chi connectivity index (χ3v) is 3.74. The molecule has 3 N–H and O–H groups in total. The molecule has 5 heteroatoms. The van der Waals surface area contributed by atoms with Crippen LogP contribution in [0.25, 0.3) is 0 Å². The molecule has 1 amide bonds. The van der Waals surface area contributed by atoms with Gasteiger partial charge in [0, 0.05) is 22.2 Å². The number of carbonyl (C=O) groups excluding carboxylic acids is 1. The van der Waals surface area contributed by atoms with Crippen LogP contribution in [0.5, 0.6) is 0 Å². The summed E-state index contributed by atoms with van der Waals surface area (Å²) in [5, 5.41) is 2.96. The molecule has 0 bridgehead atoms. The van der Waals surface area contributed by atoms with Crippen LogP contribution in [-0.4, -0.2) is 18.0 Å². The second-order valence-corrected chi connectivity index (χ2v) is 6.27. The Kier molecular flexibility index (Phi) is 7.52. The molecule has 0 aromatic carbocycles. The minimum absolute atomic E-state index is 0.